The van der Waals surface area contributed by atoms with Crippen molar-refractivity contribution in [3.8, 4) is 5.75 Å². The number of hydrogen-bond donors (Lipinski definition) is 1. The minimum atomic E-state index is -0.390. The van der Waals surface area contributed by atoms with Crippen LogP contribution in [0.1, 0.15) is 17.0 Å². The van der Waals surface area contributed by atoms with E-state index in [0.717, 1.165) is 5.56 Å². The molecule has 2 rings (SSSR count). The first-order chi connectivity index (χ1) is 9.72. The topological polar surface area (TPSA) is 56.5 Å². The third-order valence-electron chi connectivity index (χ3n) is 2.65. The third kappa shape index (κ3) is 3.79. The highest BCUT2D eigenvalue weighted by atomic mass is 19.1. The van der Waals surface area contributed by atoms with Gasteiger partial charge in [-0.15, -0.1) is 0 Å². The maximum Gasteiger partial charge on any atom is 0.165 e. The molecule has 0 aliphatic carbocycles. The highest BCUT2D eigenvalue weighted by Crippen LogP contribution is 2.19. The Kier molecular flexibility index (Phi) is 5.09. The van der Waals surface area contributed by atoms with E-state index in [1.54, 1.807) is 19.2 Å². The van der Waals surface area contributed by atoms with Crippen molar-refractivity contribution < 1.29 is 18.4 Å². The van der Waals surface area contributed by atoms with Gasteiger partial charge in [0.1, 0.15) is 18.9 Å². The molecule has 1 heterocycles. The summed E-state index contributed by atoms with van der Waals surface area (Å²) in [4.78, 5) is 0. The molecule has 108 valence electrons. The molecule has 0 unspecified atom stereocenters. The summed E-state index contributed by atoms with van der Waals surface area (Å²) in [7, 11) is 3.38. The summed E-state index contributed by atoms with van der Waals surface area (Å²) in [5, 5.41) is 6.78. The van der Waals surface area contributed by atoms with Gasteiger partial charge in [-0.05, 0) is 24.7 Å². The largest absolute Gasteiger partial charge is 0.484 e. The molecule has 1 aromatic carbocycles. The van der Waals surface area contributed by atoms with E-state index in [-0.39, 0.29) is 12.4 Å². The molecule has 0 saturated heterocycles. The second-order valence-electron chi connectivity index (χ2n) is 4.30. The lowest BCUT2D eigenvalue weighted by molar-refractivity contribution is 0.155. The van der Waals surface area contributed by atoms with Crippen molar-refractivity contribution >= 4 is 0 Å². The van der Waals surface area contributed by atoms with Gasteiger partial charge in [0.05, 0.1) is 0 Å². The van der Waals surface area contributed by atoms with Crippen molar-refractivity contribution in [2.45, 2.75) is 19.8 Å². The number of benzene rings is 1. The number of ether oxygens (including phenoxy) is 2. The van der Waals surface area contributed by atoms with Crippen LogP contribution in [-0.2, 0) is 24.5 Å². The van der Waals surface area contributed by atoms with Crippen LogP contribution >= 0.6 is 0 Å². The fourth-order valence-electron chi connectivity index (χ4n) is 1.76. The number of aromatic nitrogens is 1. The molecule has 5 nitrogen and oxygen atoms in total. The summed E-state index contributed by atoms with van der Waals surface area (Å²) < 4.78 is 29.1. The molecular weight excluding hydrogens is 263 g/mol. The number of nitrogens with one attached hydrogen (secondary N) is 1. The van der Waals surface area contributed by atoms with E-state index in [9.17, 15) is 4.39 Å². The molecule has 0 aliphatic heterocycles. The van der Waals surface area contributed by atoms with Crippen LogP contribution in [0.2, 0.25) is 0 Å². The quantitative estimate of drug-likeness (QED) is 0.843. The Hall–Kier alpha value is -1.92. The van der Waals surface area contributed by atoms with E-state index in [4.69, 9.17) is 14.0 Å². The van der Waals surface area contributed by atoms with Gasteiger partial charge in [0.2, 0.25) is 0 Å². The zero-order valence-corrected chi connectivity index (χ0v) is 11.5. The predicted octanol–water partition coefficient (Wildman–Crippen LogP) is 2.26. The molecule has 0 atom stereocenters. The number of methoxy groups -OCH3 is 1. The number of hydrogen-bond acceptors (Lipinski definition) is 5. The zero-order chi connectivity index (χ0) is 14.4. The van der Waals surface area contributed by atoms with Gasteiger partial charge >= 0.3 is 0 Å². The molecule has 0 spiro atoms. The molecule has 0 saturated carbocycles. The summed E-state index contributed by atoms with van der Waals surface area (Å²) in [6, 6.07) is 6.59. The average molecular weight is 280 g/mol. The summed E-state index contributed by atoms with van der Waals surface area (Å²) in [6.07, 6.45) is 0. The molecule has 2 aromatic rings. The van der Waals surface area contributed by atoms with Crippen molar-refractivity contribution in [3.05, 3.63) is 47.1 Å². The molecule has 0 fully saturated rings. The average Bonchev–Trinajstić information content (AvgIpc) is 2.86. The first-order valence-electron chi connectivity index (χ1n) is 6.22. The number of nitrogens with zero attached hydrogens (tertiary/aromatic N) is 1. The van der Waals surface area contributed by atoms with Crippen LogP contribution in [0.25, 0.3) is 0 Å². The molecule has 1 aromatic heterocycles. The second-order valence-corrected chi connectivity index (χ2v) is 4.30. The summed E-state index contributed by atoms with van der Waals surface area (Å²) in [6.45, 7) is 1.11. The van der Waals surface area contributed by atoms with E-state index in [2.05, 4.69) is 10.5 Å². The minimum Gasteiger partial charge on any atom is -0.484 e. The second kappa shape index (κ2) is 7.02. The summed E-state index contributed by atoms with van der Waals surface area (Å²) >= 11 is 0. The van der Waals surface area contributed by atoms with Crippen LogP contribution in [0.5, 0.6) is 5.75 Å². The summed E-state index contributed by atoms with van der Waals surface area (Å²) in [5.41, 5.74) is 1.46. The van der Waals surface area contributed by atoms with E-state index < -0.39 is 5.82 Å². The Bertz CT molecular complexity index is 557. The van der Waals surface area contributed by atoms with Gasteiger partial charge in [0.25, 0.3) is 0 Å². The van der Waals surface area contributed by atoms with Gasteiger partial charge in [-0.3, -0.25) is 0 Å². The zero-order valence-electron chi connectivity index (χ0n) is 11.5. The van der Waals surface area contributed by atoms with Crippen LogP contribution in [0.15, 0.2) is 28.8 Å². The third-order valence-corrected chi connectivity index (χ3v) is 2.65. The summed E-state index contributed by atoms with van der Waals surface area (Å²) in [5.74, 6) is 0.412. The van der Waals surface area contributed by atoms with Crippen molar-refractivity contribution in [1.29, 1.82) is 0 Å². The van der Waals surface area contributed by atoms with Crippen LogP contribution in [-0.4, -0.2) is 19.3 Å². The lowest BCUT2D eigenvalue weighted by atomic mass is 10.2. The maximum absolute atomic E-state index is 13.8. The lowest BCUT2D eigenvalue weighted by Gasteiger charge is -2.07. The monoisotopic (exact) mass is 280 g/mol. The smallest absolute Gasteiger partial charge is 0.165 e. The lowest BCUT2D eigenvalue weighted by Crippen LogP contribution is -2.05. The Labute approximate surface area is 116 Å². The first kappa shape index (κ1) is 14.5. The molecule has 20 heavy (non-hydrogen) atoms. The number of rotatable bonds is 7. The van der Waals surface area contributed by atoms with Gasteiger partial charge in [-0.25, -0.2) is 4.39 Å². The normalized spacial score (nSPS) is 10.8. The fourth-order valence-corrected chi connectivity index (χ4v) is 1.76. The maximum atomic E-state index is 13.8. The van der Waals surface area contributed by atoms with E-state index in [1.807, 2.05) is 13.1 Å². The van der Waals surface area contributed by atoms with Crippen molar-refractivity contribution in [2.24, 2.45) is 0 Å². The van der Waals surface area contributed by atoms with Gasteiger partial charge in [-0.2, -0.15) is 0 Å². The van der Waals surface area contributed by atoms with Crippen LogP contribution in [0, 0.1) is 5.82 Å². The Morgan fingerprint density at radius 3 is 2.85 bits per heavy atom. The molecule has 0 aliphatic rings. The Morgan fingerprint density at radius 2 is 2.15 bits per heavy atom. The fraction of sp³-hybridized carbons (Fsp3) is 0.357. The van der Waals surface area contributed by atoms with Gasteiger partial charge < -0.3 is 19.3 Å². The molecule has 0 bridgehead atoms. The number of halogens is 1. The molecule has 1 N–H and O–H groups in total. The van der Waals surface area contributed by atoms with Crippen molar-refractivity contribution in [1.82, 2.24) is 10.5 Å². The first-order valence-corrected chi connectivity index (χ1v) is 6.22. The molecule has 6 heteroatoms. The Balaban J connectivity index is 1.95. The minimum absolute atomic E-state index is 0.148. The van der Waals surface area contributed by atoms with E-state index >= 15 is 0 Å². The standard InChI is InChI=1S/C14H17FN2O3/c1-16-7-10-3-4-14(13(15)5-10)19-8-11-6-12(9-18-2)20-17-11/h3-6,16H,7-9H2,1-2H3. The van der Waals surface area contributed by atoms with Gasteiger partial charge in [-0.1, -0.05) is 11.2 Å². The van der Waals surface area contributed by atoms with Crippen molar-refractivity contribution in [2.75, 3.05) is 14.2 Å². The molecule has 0 amide bonds. The Morgan fingerprint density at radius 1 is 1.30 bits per heavy atom. The van der Waals surface area contributed by atoms with Gasteiger partial charge in [0, 0.05) is 19.7 Å². The van der Waals surface area contributed by atoms with Crippen molar-refractivity contribution in [3.63, 3.8) is 0 Å². The van der Waals surface area contributed by atoms with Crippen LogP contribution < -0.4 is 10.1 Å². The van der Waals surface area contributed by atoms with Crippen LogP contribution in [0.3, 0.4) is 0 Å². The molecular formula is C14H17FN2O3. The van der Waals surface area contributed by atoms with E-state index in [1.165, 1.54) is 6.07 Å². The van der Waals surface area contributed by atoms with Gasteiger partial charge in [0.15, 0.2) is 17.3 Å². The predicted molar refractivity (Wildman–Crippen MR) is 70.7 cm³/mol. The highest BCUT2D eigenvalue weighted by molar-refractivity contribution is 5.29. The highest BCUT2D eigenvalue weighted by Gasteiger charge is 2.08. The SMILES string of the molecule is CNCc1ccc(OCc2cc(COC)on2)c(F)c1. The molecule has 0 radical (unpaired) electrons. The van der Waals surface area contributed by atoms with Crippen LogP contribution in [0.4, 0.5) is 4.39 Å². The van der Waals surface area contributed by atoms with E-state index in [0.29, 0.717) is 24.6 Å².